The van der Waals surface area contributed by atoms with Gasteiger partial charge >= 0.3 is 0 Å². The summed E-state index contributed by atoms with van der Waals surface area (Å²) in [4.78, 5) is 33.2. The first kappa shape index (κ1) is 18.7. The molecule has 1 saturated heterocycles. The van der Waals surface area contributed by atoms with E-state index in [0.29, 0.717) is 55.2 Å². The lowest BCUT2D eigenvalue weighted by atomic mass is 10.1. The van der Waals surface area contributed by atoms with Gasteiger partial charge in [-0.05, 0) is 36.8 Å². The van der Waals surface area contributed by atoms with Crippen LogP contribution < -0.4 is 9.47 Å². The third-order valence-corrected chi connectivity index (χ3v) is 4.62. The van der Waals surface area contributed by atoms with Crippen LogP contribution in [-0.2, 0) is 0 Å². The van der Waals surface area contributed by atoms with Gasteiger partial charge in [0.15, 0.2) is 0 Å². The molecule has 0 atom stereocenters. The number of carbonyl (C=O) groups is 2. The van der Waals surface area contributed by atoms with E-state index in [4.69, 9.17) is 9.47 Å². The van der Waals surface area contributed by atoms with E-state index in [-0.39, 0.29) is 11.8 Å². The van der Waals surface area contributed by atoms with Crippen LogP contribution in [0, 0.1) is 0 Å². The Kier molecular flexibility index (Phi) is 5.90. The van der Waals surface area contributed by atoms with Gasteiger partial charge in [-0.1, -0.05) is 0 Å². The maximum absolute atomic E-state index is 13.0. The number of rotatable bonds is 4. The predicted octanol–water partition coefficient (Wildman–Crippen LogP) is 2.09. The maximum Gasteiger partial charge on any atom is 0.257 e. The number of carbonyl (C=O) groups excluding carboxylic acids is 2. The first-order valence-corrected chi connectivity index (χ1v) is 8.84. The van der Waals surface area contributed by atoms with E-state index in [1.54, 1.807) is 59.6 Å². The van der Waals surface area contributed by atoms with Crippen LogP contribution >= 0.6 is 0 Å². The second-order valence-electron chi connectivity index (χ2n) is 6.25. The Morgan fingerprint density at radius 1 is 0.963 bits per heavy atom. The third kappa shape index (κ3) is 4.19. The lowest BCUT2D eigenvalue weighted by Crippen LogP contribution is -2.37. The van der Waals surface area contributed by atoms with Crippen LogP contribution in [-0.4, -0.2) is 67.0 Å². The summed E-state index contributed by atoms with van der Waals surface area (Å²) in [5.41, 5.74) is 1.02. The Bertz CT molecular complexity index is 810. The number of methoxy groups -OCH3 is 2. The van der Waals surface area contributed by atoms with Crippen LogP contribution in [0.1, 0.15) is 27.1 Å². The van der Waals surface area contributed by atoms with Crippen molar-refractivity contribution in [3.05, 3.63) is 53.9 Å². The smallest absolute Gasteiger partial charge is 0.257 e. The van der Waals surface area contributed by atoms with Gasteiger partial charge in [0.1, 0.15) is 11.5 Å². The highest BCUT2D eigenvalue weighted by molar-refractivity contribution is 5.97. The highest BCUT2D eigenvalue weighted by atomic mass is 16.5. The van der Waals surface area contributed by atoms with E-state index in [1.807, 2.05) is 0 Å². The molecule has 0 unspecified atom stereocenters. The molecule has 1 fully saturated rings. The van der Waals surface area contributed by atoms with Gasteiger partial charge in [-0.2, -0.15) is 0 Å². The number of nitrogens with zero attached hydrogens (tertiary/aromatic N) is 3. The molecule has 3 rings (SSSR count). The average Bonchev–Trinajstić information content (AvgIpc) is 2.99. The van der Waals surface area contributed by atoms with E-state index in [2.05, 4.69) is 4.98 Å². The van der Waals surface area contributed by atoms with Crippen LogP contribution in [0.25, 0.3) is 0 Å². The Morgan fingerprint density at radius 2 is 1.70 bits per heavy atom. The van der Waals surface area contributed by atoms with Crippen LogP contribution in [0.15, 0.2) is 42.7 Å². The van der Waals surface area contributed by atoms with E-state index in [1.165, 1.54) is 7.11 Å². The molecule has 0 radical (unpaired) electrons. The molecule has 0 bridgehead atoms. The van der Waals surface area contributed by atoms with Gasteiger partial charge in [0.05, 0.1) is 25.3 Å². The minimum absolute atomic E-state index is 0.0589. The Hall–Kier alpha value is -3.09. The fourth-order valence-electron chi connectivity index (χ4n) is 3.15. The molecule has 1 aromatic heterocycles. The third-order valence-electron chi connectivity index (χ3n) is 4.62. The molecule has 1 aliphatic heterocycles. The minimum Gasteiger partial charge on any atom is -0.497 e. The molecule has 2 heterocycles. The monoisotopic (exact) mass is 369 g/mol. The molecular formula is C20H23N3O4. The first-order valence-electron chi connectivity index (χ1n) is 8.84. The molecule has 2 amide bonds. The fourth-order valence-corrected chi connectivity index (χ4v) is 3.15. The normalized spacial score (nSPS) is 14.4. The van der Waals surface area contributed by atoms with E-state index >= 15 is 0 Å². The Labute approximate surface area is 158 Å². The minimum atomic E-state index is -0.124. The molecule has 7 nitrogen and oxygen atoms in total. The van der Waals surface area contributed by atoms with Crippen LogP contribution in [0.4, 0.5) is 0 Å². The molecule has 27 heavy (non-hydrogen) atoms. The number of hydrogen-bond acceptors (Lipinski definition) is 5. The zero-order chi connectivity index (χ0) is 19.2. The zero-order valence-electron chi connectivity index (χ0n) is 15.6. The maximum atomic E-state index is 13.0. The number of aromatic nitrogens is 1. The molecule has 7 heteroatoms. The summed E-state index contributed by atoms with van der Waals surface area (Å²) in [5.74, 6) is 0.925. The highest BCUT2D eigenvalue weighted by Crippen LogP contribution is 2.25. The number of pyridine rings is 1. The van der Waals surface area contributed by atoms with Crippen molar-refractivity contribution >= 4 is 11.8 Å². The summed E-state index contributed by atoms with van der Waals surface area (Å²) in [7, 11) is 3.10. The van der Waals surface area contributed by atoms with Gasteiger partial charge in [-0.15, -0.1) is 0 Å². The van der Waals surface area contributed by atoms with Crippen molar-refractivity contribution in [3.8, 4) is 11.5 Å². The van der Waals surface area contributed by atoms with Gasteiger partial charge in [0.25, 0.3) is 11.8 Å². The molecule has 142 valence electrons. The van der Waals surface area contributed by atoms with Crippen molar-refractivity contribution in [1.29, 1.82) is 0 Å². The zero-order valence-corrected chi connectivity index (χ0v) is 15.6. The quantitative estimate of drug-likeness (QED) is 0.825. The molecule has 0 N–H and O–H groups in total. The van der Waals surface area contributed by atoms with Crippen LogP contribution in [0.2, 0.25) is 0 Å². The highest BCUT2D eigenvalue weighted by Gasteiger charge is 2.25. The Morgan fingerprint density at radius 3 is 2.33 bits per heavy atom. The van der Waals surface area contributed by atoms with Crippen molar-refractivity contribution in [2.75, 3.05) is 40.4 Å². The van der Waals surface area contributed by atoms with Gasteiger partial charge in [-0.3, -0.25) is 14.6 Å². The molecule has 1 aliphatic rings. The summed E-state index contributed by atoms with van der Waals surface area (Å²) in [6.07, 6.45) is 3.92. The molecule has 1 aromatic carbocycles. The molecular weight excluding hydrogens is 346 g/mol. The van der Waals surface area contributed by atoms with Crippen molar-refractivity contribution in [2.45, 2.75) is 6.42 Å². The molecule has 0 spiro atoms. The number of amides is 2. The van der Waals surface area contributed by atoms with E-state index < -0.39 is 0 Å². The second kappa shape index (κ2) is 8.53. The predicted molar refractivity (Wildman–Crippen MR) is 100 cm³/mol. The number of benzene rings is 1. The molecule has 2 aromatic rings. The SMILES string of the molecule is COc1ccc(OC)c(C(=O)N2CCCN(C(=O)c3cccnc3)CC2)c1. The van der Waals surface area contributed by atoms with Crippen LogP contribution in [0.5, 0.6) is 11.5 Å². The lowest BCUT2D eigenvalue weighted by Gasteiger charge is -2.23. The standard InChI is InChI=1S/C20H23N3O4/c1-26-16-6-7-18(27-2)17(13-16)20(25)23-10-4-9-22(11-12-23)19(24)15-5-3-8-21-14-15/h3,5-8,13-14H,4,9-12H2,1-2H3. The van der Waals surface area contributed by atoms with Crippen molar-refractivity contribution in [2.24, 2.45) is 0 Å². The fraction of sp³-hybridized carbons (Fsp3) is 0.350. The van der Waals surface area contributed by atoms with Gasteiger partial charge in [-0.25, -0.2) is 0 Å². The summed E-state index contributed by atoms with van der Waals surface area (Å²) in [5, 5.41) is 0. The second-order valence-corrected chi connectivity index (χ2v) is 6.25. The van der Waals surface area contributed by atoms with Gasteiger partial charge in [0, 0.05) is 38.6 Å². The molecule has 0 saturated carbocycles. The number of hydrogen-bond donors (Lipinski definition) is 0. The van der Waals surface area contributed by atoms with Crippen molar-refractivity contribution in [1.82, 2.24) is 14.8 Å². The Balaban J connectivity index is 1.73. The topological polar surface area (TPSA) is 72.0 Å². The summed E-state index contributed by atoms with van der Waals surface area (Å²) < 4.78 is 10.6. The van der Waals surface area contributed by atoms with Crippen LogP contribution in [0.3, 0.4) is 0 Å². The first-order chi connectivity index (χ1) is 13.1. The van der Waals surface area contributed by atoms with Crippen molar-refractivity contribution < 1.29 is 19.1 Å². The van der Waals surface area contributed by atoms with E-state index in [0.717, 1.165) is 0 Å². The van der Waals surface area contributed by atoms with Gasteiger partial charge < -0.3 is 19.3 Å². The van der Waals surface area contributed by atoms with E-state index in [9.17, 15) is 9.59 Å². The summed E-state index contributed by atoms with van der Waals surface area (Å²) in [6, 6.07) is 8.67. The number of ether oxygens (including phenoxy) is 2. The lowest BCUT2D eigenvalue weighted by molar-refractivity contribution is 0.0716. The summed E-state index contributed by atoms with van der Waals surface area (Å²) in [6.45, 7) is 2.12. The largest absolute Gasteiger partial charge is 0.497 e. The summed E-state index contributed by atoms with van der Waals surface area (Å²) >= 11 is 0. The average molecular weight is 369 g/mol. The van der Waals surface area contributed by atoms with Crippen molar-refractivity contribution in [3.63, 3.8) is 0 Å². The van der Waals surface area contributed by atoms with Gasteiger partial charge in [0.2, 0.25) is 0 Å². The molecule has 0 aliphatic carbocycles.